The number of aryl methyl sites for hydroxylation is 1. The first-order valence-corrected chi connectivity index (χ1v) is 13.2. The molecule has 1 heterocycles. The van der Waals surface area contributed by atoms with Crippen molar-refractivity contribution in [2.75, 3.05) is 0 Å². The zero-order valence-electron chi connectivity index (χ0n) is 20.4. The van der Waals surface area contributed by atoms with Gasteiger partial charge in [0.1, 0.15) is 12.4 Å². The number of ether oxygens (including phenoxy) is 1. The zero-order valence-corrected chi connectivity index (χ0v) is 23.6. The van der Waals surface area contributed by atoms with Crippen LogP contribution in [-0.2, 0) is 6.61 Å². The van der Waals surface area contributed by atoms with Crippen LogP contribution in [0.4, 0.5) is 5.69 Å². The van der Waals surface area contributed by atoms with Gasteiger partial charge >= 0.3 is 5.69 Å². The summed E-state index contributed by atoms with van der Waals surface area (Å²) in [6, 6.07) is 16.1. The van der Waals surface area contributed by atoms with E-state index in [2.05, 4.69) is 37.0 Å². The normalized spacial score (nSPS) is 12.2. The lowest BCUT2D eigenvalue weighted by Gasteiger charge is -2.14. The molecular formula is C27H24Br2N4O4. The minimum Gasteiger partial charge on any atom is -0.481 e. The molecule has 10 heteroatoms. The molecule has 4 aromatic rings. The largest absolute Gasteiger partial charge is 0.481 e. The first kappa shape index (κ1) is 26.7. The van der Waals surface area contributed by atoms with Crippen molar-refractivity contribution < 1.29 is 9.66 Å². The fraction of sp³-hybridized carbons (Fsp3) is 0.222. The maximum atomic E-state index is 13.4. The van der Waals surface area contributed by atoms with Crippen LogP contribution in [0.5, 0.6) is 5.75 Å². The highest BCUT2D eigenvalue weighted by molar-refractivity contribution is 9.10. The van der Waals surface area contributed by atoms with Crippen LogP contribution < -0.4 is 10.3 Å². The Bertz CT molecular complexity index is 1570. The molecule has 0 spiro atoms. The average molecular weight is 628 g/mol. The second kappa shape index (κ2) is 11.4. The van der Waals surface area contributed by atoms with Crippen molar-refractivity contribution in [2.45, 2.75) is 39.7 Å². The summed E-state index contributed by atoms with van der Waals surface area (Å²) in [5, 5.41) is 16.7. The molecule has 0 bridgehead atoms. The highest BCUT2D eigenvalue weighted by Crippen LogP contribution is 2.34. The topological polar surface area (TPSA) is 99.6 Å². The Balaban J connectivity index is 1.83. The maximum Gasteiger partial charge on any atom is 0.312 e. The Labute approximate surface area is 230 Å². The van der Waals surface area contributed by atoms with Crippen molar-refractivity contribution >= 4 is 54.7 Å². The molecule has 0 radical (unpaired) electrons. The van der Waals surface area contributed by atoms with Gasteiger partial charge in [-0.25, -0.2) is 4.98 Å². The van der Waals surface area contributed by atoms with E-state index in [9.17, 15) is 14.9 Å². The molecular weight excluding hydrogens is 604 g/mol. The van der Waals surface area contributed by atoms with Gasteiger partial charge in [0, 0.05) is 26.5 Å². The van der Waals surface area contributed by atoms with Crippen molar-refractivity contribution in [1.29, 1.82) is 0 Å². The van der Waals surface area contributed by atoms with Crippen molar-refractivity contribution in [3.8, 4) is 5.75 Å². The van der Waals surface area contributed by atoms with E-state index < -0.39 is 4.92 Å². The molecule has 0 amide bonds. The average Bonchev–Trinajstić information content (AvgIpc) is 2.87. The number of fused-ring (bicyclic) bond motifs is 1. The number of aromatic nitrogens is 2. The van der Waals surface area contributed by atoms with E-state index in [1.54, 1.807) is 18.2 Å². The lowest BCUT2D eigenvalue weighted by Crippen LogP contribution is -2.23. The number of halogens is 2. The van der Waals surface area contributed by atoms with Crippen LogP contribution in [0.25, 0.3) is 10.9 Å². The van der Waals surface area contributed by atoms with Crippen molar-refractivity contribution in [3.05, 3.63) is 107 Å². The van der Waals surface area contributed by atoms with Gasteiger partial charge < -0.3 is 4.74 Å². The molecule has 4 rings (SSSR count). The van der Waals surface area contributed by atoms with Crippen molar-refractivity contribution in [1.82, 2.24) is 9.66 Å². The Hall–Kier alpha value is -3.37. The van der Waals surface area contributed by atoms with Gasteiger partial charge in [0.15, 0.2) is 0 Å². The number of hydrogen-bond donors (Lipinski definition) is 0. The third-order valence-corrected chi connectivity index (χ3v) is 6.91. The fourth-order valence-corrected chi connectivity index (χ4v) is 4.55. The molecule has 0 aliphatic heterocycles. The highest BCUT2D eigenvalue weighted by atomic mass is 79.9. The number of rotatable bonds is 8. The van der Waals surface area contributed by atoms with Gasteiger partial charge in [0.05, 0.1) is 22.0 Å². The van der Waals surface area contributed by atoms with Gasteiger partial charge in [-0.05, 0) is 43.2 Å². The zero-order chi connectivity index (χ0) is 26.7. The SMILES string of the molecule is CC[C@H](C)c1nc2ccc(Br)cc2c(=O)n1N=Cc1cc(Br)cc([N+](=O)[O-])c1OCc1ccc(C)cc1. The molecule has 0 N–H and O–H groups in total. The Morgan fingerprint density at radius 2 is 1.86 bits per heavy atom. The summed E-state index contributed by atoms with van der Waals surface area (Å²) in [6.07, 6.45) is 2.15. The number of benzene rings is 3. The number of nitrogens with zero attached hydrogens (tertiary/aromatic N) is 4. The van der Waals surface area contributed by atoms with Gasteiger partial charge in [0.2, 0.25) is 5.75 Å². The smallest absolute Gasteiger partial charge is 0.312 e. The Morgan fingerprint density at radius 3 is 2.54 bits per heavy atom. The van der Waals surface area contributed by atoms with E-state index in [4.69, 9.17) is 9.72 Å². The van der Waals surface area contributed by atoms with E-state index >= 15 is 0 Å². The molecule has 190 valence electrons. The van der Waals surface area contributed by atoms with Crippen LogP contribution in [-0.4, -0.2) is 20.8 Å². The van der Waals surface area contributed by atoms with E-state index in [1.807, 2.05) is 51.1 Å². The Kier molecular flexibility index (Phi) is 8.19. The van der Waals surface area contributed by atoms with E-state index in [1.165, 1.54) is 17.0 Å². The predicted octanol–water partition coefficient (Wildman–Crippen LogP) is 7.11. The molecule has 1 atom stereocenters. The molecule has 3 aromatic carbocycles. The third-order valence-electron chi connectivity index (χ3n) is 5.96. The minimum absolute atomic E-state index is 0.0491. The van der Waals surface area contributed by atoms with Gasteiger partial charge in [-0.1, -0.05) is 75.5 Å². The molecule has 0 saturated heterocycles. The first-order chi connectivity index (χ1) is 17.7. The molecule has 8 nitrogen and oxygen atoms in total. The number of hydrogen-bond acceptors (Lipinski definition) is 6. The van der Waals surface area contributed by atoms with Crippen LogP contribution in [0.15, 0.2) is 73.4 Å². The third kappa shape index (κ3) is 5.97. The van der Waals surface area contributed by atoms with E-state index in [0.717, 1.165) is 22.0 Å². The first-order valence-electron chi connectivity index (χ1n) is 11.6. The van der Waals surface area contributed by atoms with Crippen LogP contribution in [0, 0.1) is 17.0 Å². The van der Waals surface area contributed by atoms with Crippen molar-refractivity contribution in [3.63, 3.8) is 0 Å². The van der Waals surface area contributed by atoms with Crippen LogP contribution in [0.1, 0.15) is 48.7 Å². The summed E-state index contributed by atoms with van der Waals surface area (Å²) >= 11 is 6.75. The second-order valence-corrected chi connectivity index (χ2v) is 10.5. The lowest BCUT2D eigenvalue weighted by atomic mass is 10.1. The van der Waals surface area contributed by atoms with Crippen LogP contribution >= 0.6 is 31.9 Å². The van der Waals surface area contributed by atoms with Gasteiger partial charge in [0.25, 0.3) is 5.56 Å². The number of nitro benzene ring substituents is 1. The minimum atomic E-state index is -0.502. The predicted molar refractivity (Wildman–Crippen MR) is 152 cm³/mol. The molecule has 37 heavy (non-hydrogen) atoms. The van der Waals surface area contributed by atoms with Gasteiger partial charge in [-0.2, -0.15) is 9.78 Å². The molecule has 0 saturated carbocycles. The van der Waals surface area contributed by atoms with Gasteiger partial charge in [-0.3, -0.25) is 14.9 Å². The summed E-state index contributed by atoms with van der Waals surface area (Å²) in [5.41, 5.74) is 2.36. The highest BCUT2D eigenvalue weighted by Gasteiger charge is 2.21. The second-order valence-electron chi connectivity index (χ2n) is 8.68. The molecule has 0 aliphatic rings. The summed E-state index contributed by atoms with van der Waals surface area (Å²) in [6.45, 7) is 6.09. The molecule has 0 unspecified atom stereocenters. The lowest BCUT2D eigenvalue weighted by molar-refractivity contribution is -0.386. The van der Waals surface area contributed by atoms with Crippen molar-refractivity contribution in [2.24, 2.45) is 5.10 Å². The van der Waals surface area contributed by atoms with Crippen LogP contribution in [0.2, 0.25) is 0 Å². The molecule has 0 fully saturated rings. The summed E-state index contributed by atoms with van der Waals surface area (Å²) < 4.78 is 8.45. The van der Waals surface area contributed by atoms with E-state index in [0.29, 0.717) is 26.8 Å². The summed E-state index contributed by atoms with van der Waals surface area (Å²) in [5.74, 6) is 0.518. The summed E-state index contributed by atoms with van der Waals surface area (Å²) in [7, 11) is 0. The molecule has 0 aliphatic carbocycles. The number of nitro groups is 1. The summed E-state index contributed by atoms with van der Waals surface area (Å²) in [4.78, 5) is 29.5. The standard InChI is InChI=1S/C27H24Br2N4O4/c1-4-17(3)26-31-23-10-9-20(28)12-22(23)27(34)32(26)30-14-19-11-21(29)13-24(33(35)36)25(19)37-15-18-7-5-16(2)6-8-18/h5-14,17H,4,15H2,1-3H3/t17-/m0/s1. The van der Waals surface area contributed by atoms with Gasteiger partial charge in [-0.15, -0.1) is 0 Å². The van der Waals surface area contributed by atoms with E-state index in [-0.39, 0.29) is 29.5 Å². The monoisotopic (exact) mass is 626 g/mol. The fourth-order valence-electron chi connectivity index (χ4n) is 3.73. The molecule has 1 aromatic heterocycles. The quantitative estimate of drug-likeness (QED) is 0.118. The van der Waals surface area contributed by atoms with Crippen LogP contribution in [0.3, 0.4) is 0 Å². The Morgan fingerprint density at radius 1 is 1.14 bits per heavy atom. The maximum absolute atomic E-state index is 13.4.